The number of hydrogen-bond acceptors (Lipinski definition) is 2. The highest BCUT2D eigenvalue weighted by molar-refractivity contribution is 6.05. The molecule has 1 amide bonds. The zero-order valence-corrected chi connectivity index (χ0v) is 16.0. The zero-order chi connectivity index (χ0) is 19.4. The Morgan fingerprint density at radius 1 is 1.00 bits per heavy atom. The largest absolute Gasteiger partial charge is 0.310 e. The van der Waals surface area contributed by atoms with Crippen LogP contribution >= 0.6 is 0 Å². The quantitative estimate of drug-likeness (QED) is 0.685. The minimum absolute atomic E-state index is 0.188. The number of carbonyl (C=O) groups is 1. The molecule has 3 rings (SSSR count). The van der Waals surface area contributed by atoms with Crippen molar-refractivity contribution in [2.45, 2.75) is 27.3 Å². The van der Waals surface area contributed by atoms with Crippen LogP contribution in [0.25, 0.3) is 0 Å². The third kappa shape index (κ3) is 4.00. The van der Waals surface area contributed by atoms with Crippen LogP contribution in [0.3, 0.4) is 0 Å². The van der Waals surface area contributed by atoms with E-state index < -0.39 is 0 Å². The molecule has 0 radical (unpaired) electrons. The second kappa shape index (κ2) is 8.04. The number of nitrogens with zero attached hydrogens (tertiary/aromatic N) is 2. The van der Waals surface area contributed by atoms with E-state index in [1.807, 2.05) is 51.1 Å². The molecular weight excluding hydrogens is 336 g/mol. The van der Waals surface area contributed by atoms with E-state index in [4.69, 9.17) is 0 Å². The van der Waals surface area contributed by atoms with Crippen LogP contribution in [0.15, 0.2) is 71.7 Å². The predicted molar refractivity (Wildman–Crippen MR) is 110 cm³/mol. The molecule has 0 atom stereocenters. The Hall–Kier alpha value is -3.14. The number of benzene rings is 2. The van der Waals surface area contributed by atoms with E-state index in [1.165, 1.54) is 0 Å². The molecule has 0 aliphatic heterocycles. The number of anilines is 1. The molecule has 0 saturated heterocycles. The summed E-state index contributed by atoms with van der Waals surface area (Å²) in [6.07, 6.45) is 1.74. The molecule has 0 fully saturated rings. The second-order valence-electron chi connectivity index (χ2n) is 6.67. The summed E-state index contributed by atoms with van der Waals surface area (Å²) >= 11 is 0. The molecule has 4 heteroatoms. The van der Waals surface area contributed by atoms with Gasteiger partial charge in [-0.1, -0.05) is 42.0 Å². The van der Waals surface area contributed by atoms with Gasteiger partial charge in [0.2, 0.25) is 0 Å². The first-order valence-electron chi connectivity index (χ1n) is 9.13. The fourth-order valence-electron chi connectivity index (χ4n) is 3.18. The number of pyridine rings is 1. The van der Waals surface area contributed by atoms with Gasteiger partial charge in [0, 0.05) is 18.4 Å². The smallest absolute Gasteiger partial charge is 0.263 e. The summed E-state index contributed by atoms with van der Waals surface area (Å²) in [5.74, 6) is -0.274. The lowest BCUT2D eigenvalue weighted by Gasteiger charge is -2.21. The number of hydrogen-bond donors (Lipinski definition) is 0. The lowest BCUT2D eigenvalue weighted by Crippen LogP contribution is -2.36. The van der Waals surface area contributed by atoms with E-state index in [2.05, 4.69) is 18.2 Å². The topological polar surface area (TPSA) is 42.3 Å². The van der Waals surface area contributed by atoms with Crippen LogP contribution in [0.4, 0.5) is 5.69 Å². The molecule has 0 unspecified atom stereocenters. The maximum atomic E-state index is 13.0. The average Bonchev–Trinajstić information content (AvgIpc) is 2.67. The Kier molecular flexibility index (Phi) is 5.55. The van der Waals surface area contributed by atoms with Crippen molar-refractivity contribution in [3.05, 3.63) is 99.5 Å². The van der Waals surface area contributed by atoms with Crippen molar-refractivity contribution in [1.82, 2.24) is 4.57 Å². The van der Waals surface area contributed by atoms with Gasteiger partial charge < -0.3 is 9.47 Å². The van der Waals surface area contributed by atoms with Gasteiger partial charge in [0.15, 0.2) is 0 Å². The summed E-state index contributed by atoms with van der Waals surface area (Å²) in [5.41, 5.74) is 4.07. The number of rotatable bonds is 5. The molecule has 0 spiro atoms. The summed E-state index contributed by atoms with van der Waals surface area (Å²) < 4.78 is 1.60. The molecule has 2 aromatic carbocycles. The monoisotopic (exact) mass is 360 g/mol. The number of aryl methyl sites for hydroxylation is 2. The standard InChI is InChI=1S/C23H24N2O2/c1-4-25(20-9-6-5-7-10-20)23(27)21-11-8-14-24(22(21)26)16-19-15-17(2)12-13-18(19)3/h5-15H,4,16H2,1-3H3. The fraction of sp³-hybridized carbons (Fsp3) is 0.217. The Labute approximate surface area is 159 Å². The first-order chi connectivity index (χ1) is 13.0. The molecule has 0 aliphatic rings. The average molecular weight is 360 g/mol. The molecule has 0 aliphatic carbocycles. The lowest BCUT2D eigenvalue weighted by molar-refractivity contribution is 0.0986. The Balaban J connectivity index is 1.96. The number of amides is 1. The minimum Gasteiger partial charge on any atom is -0.310 e. The Morgan fingerprint density at radius 2 is 1.74 bits per heavy atom. The number of para-hydroxylation sites is 1. The highest BCUT2D eigenvalue weighted by Crippen LogP contribution is 2.16. The van der Waals surface area contributed by atoms with Gasteiger partial charge >= 0.3 is 0 Å². The first-order valence-corrected chi connectivity index (χ1v) is 9.13. The van der Waals surface area contributed by atoms with Crippen LogP contribution < -0.4 is 10.5 Å². The molecule has 27 heavy (non-hydrogen) atoms. The van der Waals surface area contributed by atoms with Gasteiger partial charge in [0.1, 0.15) is 5.56 Å². The van der Waals surface area contributed by atoms with Crippen molar-refractivity contribution in [3.8, 4) is 0 Å². The van der Waals surface area contributed by atoms with Crippen LogP contribution in [0.5, 0.6) is 0 Å². The summed E-state index contributed by atoms with van der Waals surface area (Å²) in [4.78, 5) is 27.6. The lowest BCUT2D eigenvalue weighted by atomic mass is 10.1. The van der Waals surface area contributed by atoms with Crippen molar-refractivity contribution in [2.24, 2.45) is 0 Å². The Morgan fingerprint density at radius 3 is 2.44 bits per heavy atom. The van der Waals surface area contributed by atoms with Crippen LogP contribution in [0.2, 0.25) is 0 Å². The van der Waals surface area contributed by atoms with Crippen LogP contribution in [-0.2, 0) is 6.54 Å². The van der Waals surface area contributed by atoms with Crippen LogP contribution in [0.1, 0.15) is 34.0 Å². The van der Waals surface area contributed by atoms with E-state index in [0.29, 0.717) is 13.1 Å². The van der Waals surface area contributed by atoms with Gasteiger partial charge in [-0.25, -0.2) is 0 Å². The van der Waals surface area contributed by atoms with Crippen molar-refractivity contribution in [3.63, 3.8) is 0 Å². The van der Waals surface area contributed by atoms with Crippen molar-refractivity contribution >= 4 is 11.6 Å². The number of carbonyl (C=O) groups excluding carboxylic acids is 1. The summed E-state index contributed by atoms with van der Waals surface area (Å²) in [7, 11) is 0. The summed E-state index contributed by atoms with van der Waals surface area (Å²) in [6.45, 7) is 6.91. The van der Waals surface area contributed by atoms with Crippen LogP contribution in [0, 0.1) is 13.8 Å². The zero-order valence-electron chi connectivity index (χ0n) is 16.0. The molecule has 4 nitrogen and oxygen atoms in total. The molecule has 1 heterocycles. The van der Waals surface area contributed by atoms with Gasteiger partial charge in [0.25, 0.3) is 11.5 Å². The molecule has 0 bridgehead atoms. The summed E-state index contributed by atoms with van der Waals surface area (Å²) in [5, 5.41) is 0. The minimum atomic E-state index is -0.274. The van der Waals surface area contributed by atoms with Gasteiger partial charge in [-0.05, 0) is 56.2 Å². The van der Waals surface area contributed by atoms with Gasteiger partial charge in [0.05, 0.1) is 6.54 Å². The summed E-state index contributed by atoms with van der Waals surface area (Å²) in [6, 6.07) is 19.0. The molecule has 0 saturated carbocycles. The Bertz CT molecular complexity index is 1010. The van der Waals surface area contributed by atoms with E-state index in [9.17, 15) is 9.59 Å². The third-order valence-corrected chi connectivity index (χ3v) is 4.73. The SMILES string of the molecule is CCN(C(=O)c1cccn(Cc2cc(C)ccc2C)c1=O)c1ccccc1. The first kappa shape index (κ1) is 18.6. The molecular formula is C23H24N2O2. The van der Waals surface area contributed by atoms with E-state index in [-0.39, 0.29) is 17.0 Å². The van der Waals surface area contributed by atoms with Crippen molar-refractivity contribution in [2.75, 3.05) is 11.4 Å². The van der Waals surface area contributed by atoms with Gasteiger partial charge in [-0.15, -0.1) is 0 Å². The molecule has 3 aromatic rings. The van der Waals surface area contributed by atoms with Gasteiger partial charge in [-0.2, -0.15) is 0 Å². The molecule has 138 valence electrons. The third-order valence-electron chi connectivity index (χ3n) is 4.73. The van der Waals surface area contributed by atoms with Crippen LogP contribution in [-0.4, -0.2) is 17.0 Å². The molecule has 0 N–H and O–H groups in total. The highest BCUT2D eigenvalue weighted by Gasteiger charge is 2.20. The number of aromatic nitrogens is 1. The maximum Gasteiger partial charge on any atom is 0.263 e. The maximum absolute atomic E-state index is 13.0. The normalized spacial score (nSPS) is 10.6. The molecule has 1 aromatic heterocycles. The van der Waals surface area contributed by atoms with Gasteiger partial charge in [-0.3, -0.25) is 9.59 Å². The van der Waals surface area contributed by atoms with E-state index >= 15 is 0 Å². The van der Waals surface area contributed by atoms with Crippen molar-refractivity contribution in [1.29, 1.82) is 0 Å². The predicted octanol–water partition coefficient (Wildman–Crippen LogP) is 4.18. The highest BCUT2D eigenvalue weighted by atomic mass is 16.2. The van der Waals surface area contributed by atoms with E-state index in [1.54, 1.807) is 27.8 Å². The second-order valence-corrected chi connectivity index (χ2v) is 6.67. The van der Waals surface area contributed by atoms with Crippen molar-refractivity contribution < 1.29 is 4.79 Å². The van der Waals surface area contributed by atoms with E-state index in [0.717, 1.165) is 22.4 Å². The fourth-order valence-corrected chi connectivity index (χ4v) is 3.18.